The minimum absolute atomic E-state index is 0.0278. The fraction of sp³-hybridized carbons (Fsp3) is 0.615. The van der Waals surface area contributed by atoms with Crippen molar-refractivity contribution in [2.45, 2.75) is 38.0 Å². The minimum Gasteiger partial charge on any atom is -0.347 e. The van der Waals surface area contributed by atoms with Crippen LogP contribution in [0.1, 0.15) is 34.6 Å². The van der Waals surface area contributed by atoms with Gasteiger partial charge in [-0.1, -0.05) is 0 Å². The van der Waals surface area contributed by atoms with Crippen LogP contribution >= 0.6 is 23.4 Å². The van der Waals surface area contributed by atoms with Crippen molar-refractivity contribution in [3.8, 4) is 0 Å². The molecular formula is C13H18ClNOS. The number of Topliss-reactive ketones (excluding diaryl/α,β-unsaturated/α-hetero) is 1. The van der Waals surface area contributed by atoms with E-state index in [0.717, 1.165) is 23.5 Å². The van der Waals surface area contributed by atoms with Gasteiger partial charge in [-0.25, -0.2) is 0 Å². The van der Waals surface area contributed by atoms with Gasteiger partial charge in [0, 0.05) is 28.2 Å². The SMILES string of the molecule is CSC1(Cn2c(C)cc(C(=O)CCl)c2C)CC1. The zero-order chi connectivity index (χ0) is 12.6. The van der Waals surface area contributed by atoms with Gasteiger partial charge in [0.2, 0.25) is 0 Å². The number of aromatic nitrogens is 1. The van der Waals surface area contributed by atoms with Gasteiger partial charge in [-0.2, -0.15) is 11.8 Å². The van der Waals surface area contributed by atoms with E-state index in [1.165, 1.54) is 12.8 Å². The predicted molar refractivity (Wildman–Crippen MR) is 74.4 cm³/mol. The lowest BCUT2D eigenvalue weighted by Gasteiger charge is -2.16. The van der Waals surface area contributed by atoms with Crippen LogP contribution in [0.5, 0.6) is 0 Å². The topological polar surface area (TPSA) is 22.0 Å². The van der Waals surface area contributed by atoms with Gasteiger partial charge in [0.15, 0.2) is 5.78 Å². The third-order valence-electron chi connectivity index (χ3n) is 3.68. The molecule has 1 aliphatic carbocycles. The fourth-order valence-corrected chi connectivity index (χ4v) is 3.17. The van der Waals surface area contributed by atoms with Gasteiger partial charge in [0.25, 0.3) is 0 Å². The summed E-state index contributed by atoms with van der Waals surface area (Å²) in [4.78, 5) is 11.7. The number of thioether (sulfide) groups is 1. The van der Waals surface area contributed by atoms with E-state index in [1.807, 2.05) is 24.8 Å². The van der Waals surface area contributed by atoms with E-state index >= 15 is 0 Å². The Labute approximate surface area is 112 Å². The van der Waals surface area contributed by atoms with Crippen molar-refractivity contribution < 1.29 is 4.79 Å². The number of aryl methyl sites for hydroxylation is 1. The summed E-state index contributed by atoms with van der Waals surface area (Å²) in [6.45, 7) is 5.10. The highest BCUT2D eigenvalue weighted by molar-refractivity contribution is 8.00. The largest absolute Gasteiger partial charge is 0.347 e. The lowest BCUT2D eigenvalue weighted by Crippen LogP contribution is -2.16. The summed E-state index contributed by atoms with van der Waals surface area (Å²) in [5.41, 5.74) is 3.01. The third kappa shape index (κ3) is 2.41. The van der Waals surface area contributed by atoms with E-state index in [9.17, 15) is 4.79 Å². The Morgan fingerprint density at radius 2 is 2.18 bits per heavy atom. The molecule has 0 unspecified atom stereocenters. The molecule has 1 aliphatic rings. The molecule has 0 spiro atoms. The Morgan fingerprint density at radius 3 is 2.65 bits per heavy atom. The second-order valence-electron chi connectivity index (χ2n) is 4.81. The van der Waals surface area contributed by atoms with E-state index in [4.69, 9.17) is 11.6 Å². The van der Waals surface area contributed by atoms with Gasteiger partial charge in [0.05, 0.1) is 5.88 Å². The summed E-state index contributed by atoms with van der Waals surface area (Å²) in [5.74, 6) is 0.0952. The molecular weight excluding hydrogens is 254 g/mol. The Balaban J connectivity index is 2.29. The van der Waals surface area contributed by atoms with Crippen LogP contribution in [-0.4, -0.2) is 27.2 Å². The Bertz CT molecular complexity index is 449. The molecule has 1 aromatic heterocycles. The maximum absolute atomic E-state index is 11.7. The van der Waals surface area contributed by atoms with Crippen LogP contribution < -0.4 is 0 Å². The van der Waals surface area contributed by atoms with E-state index in [0.29, 0.717) is 4.75 Å². The standard InChI is InChI=1S/C13H18ClNOS/c1-9-6-11(12(16)7-14)10(2)15(9)8-13(17-3)4-5-13/h6H,4-5,7-8H2,1-3H3. The second kappa shape index (κ2) is 4.69. The van der Waals surface area contributed by atoms with Gasteiger partial charge in [-0.3, -0.25) is 4.79 Å². The predicted octanol–water partition coefficient (Wildman–Crippen LogP) is 3.42. The second-order valence-corrected chi connectivity index (χ2v) is 6.36. The fourth-order valence-electron chi connectivity index (χ4n) is 2.25. The molecule has 4 heteroatoms. The number of hydrogen-bond donors (Lipinski definition) is 0. The summed E-state index contributed by atoms with van der Waals surface area (Å²) < 4.78 is 2.68. The number of nitrogens with zero attached hydrogens (tertiary/aromatic N) is 1. The van der Waals surface area contributed by atoms with Gasteiger partial charge < -0.3 is 4.57 Å². The number of halogens is 1. The number of hydrogen-bond acceptors (Lipinski definition) is 2. The molecule has 0 amide bonds. The first kappa shape index (κ1) is 13.0. The van der Waals surface area contributed by atoms with Crippen LogP contribution in [0.25, 0.3) is 0 Å². The smallest absolute Gasteiger partial charge is 0.179 e. The summed E-state index contributed by atoms with van der Waals surface area (Å²) in [6, 6.07) is 1.97. The minimum atomic E-state index is 0.0278. The summed E-state index contributed by atoms with van der Waals surface area (Å²) in [5, 5.41) is 0. The maximum Gasteiger partial charge on any atom is 0.179 e. The molecule has 0 aromatic carbocycles. The van der Waals surface area contributed by atoms with Gasteiger partial charge in [-0.05, 0) is 39.0 Å². The van der Waals surface area contributed by atoms with Gasteiger partial charge >= 0.3 is 0 Å². The van der Waals surface area contributed by atoms with Gasteiger partial charge in [0.1, 0.15) is 0 Å². The van der Waals surface area contributed by atoms with Crippen molar-refractivity contribution in [2.24, 2.45) is 0 Å². The van der Waals surface area contributed by atoms with Gasteiger partial charge in [-0.15, -0.1) is 11.6 Å². The van der Waals surface area contributed by atoms with Crippen molar-refractivity contribution >= 4 is 29.1 Å². The molecule has 17 heavy (non-hydrogen) atoms. The van der Waals surface area contributed by atoms with E-state index in [2.05, 4.69) is 17.7 Å². The molecule has 0 radical (unpaired) electrons. The highest BCUT2D eigenvalue weighted by atomic mass is 35.5. The molecule has 0 N–H and O–H groups in total. The van der Waals surface area contributed by atoms with Crippen molar-refractivity contribution in [3.05, 3.63) is 23.0 Å². The molecule has 2 nitrogen and oxygen atoms in total. The molecule has 0 aliphatic heterocycles. The number of carbonyl (C=O) groups excluding carboxylic acids is 1. The quantitative estimate of drug-likeness (QED) is 0.605. The monoisotopic (exact) mass is 271 g/mol. The molecule has 1 aromatic rings. The van der Waals surface area contributed by atoms with Crippen molar-refractivity contribution in [1.29, 1.82) is 0 Å². The third-order valence-corrected chi connectivity index (χ3v) is 5.33. The number of ketones is 1. The van der Waals surface area contributed by atoms with E-state index < -0.39 is 0 Å². The zero-order valence-corrected chi connectivity index (χ0v) is 12.1. The van der Waals surface area contributed by atoms with E-state index in [-0.39, 0.29) is 11.7 Å². The van der Waals surface area contributed by atoms with Crippen LogP contribution in [0.3, 0.4) is 0 Å². The molecule has 0 saturated heterocycles. The Morgan fingerprint density at radius 1 is 1.53 bits per heavy atom. The average molecular weight is 272 g/mol. The maximum atomic E-state index is 11.7. The first-order chi connectivity index (χ1) is 8.03. The summed E-state index contributed by atoms with van der Waals surface area (Å²) in [6.07, 6.45) is 4.74. The summed E-state index contributed by atoms with van der Waals surface area (Å²) in [7, 11) is 0. The van der Waals surface area contributed by atoms with Crippen LogP contribution in [-0.2, 0) is 6.54 Å². The van der Waals surface area contributed by atoms with Crippen LogP contribution in [0, 0.1) is 13.8 Å². The molecule has 2 rings (SSSR count). The van der Waals surface area contributed by atoms with Crippen LogP contribution in [0.15, 0.2) is 6.07 Å². The Hall–Kier alpha value is -0.410. The normalized spacial score (nSPS) is 17.2. The Kier molecular flexibility index (Phi) is 3.60. The lowest BCUT2D eigenvalue weighted by atomic mass is 10.2. The average Bonchev–Trinajstić information content (AvgIpc) is 3.06. The van der Waals surface area contributed by atoms with Crippen LogP contribution in [0.2, 0.25) is 0 Å². The van der Waals surface area contributed by atoms with Crippen molar-refractivity contribution in [3.63, 3.8) is 0 Å². The number of carbonyl (C=O) groups is 1. The van der Waals surface area contributed by atoms with Crippen molar-refractivity contribution in [2.75, 3.05) is 12.1 Å². The summed E-state index contributed by atoms with van der Waals surface area (Å²) >= 11 is 7.57. The lowest BCUT2D eigenvalue weighted by molar-refractivity contribution is 0.102. The van der Waals surface area contributed by atoms with Crippen LogP contribution in [0.4, 0.5) is 0 Å². The molecule has 94 valence electrons. The zero-order valence-electron chi connectivity index (χ0n) is 10.5. The van der Waals surface area contributed by atoms with Crippen molar-refractivity contribution in [1.82, 2.24) is 4.57 Å². The molecule has 1 saturated carbocycles. The first-order valence-corrected chi connectivity index (χ1v) is 7.60. The first-order valence-electron chi connectivity index (χ1n) is 5.84. The molecule has 1 heterocycles. The molecule has 0 atom stereocenters. The van der Waals surface area contributed by atoms with E-state index in [1.54, 1.807) is 0 Å². The number of rotatable bonds is 5. The number of alkyl halides is 1. The highest BCUT2D eigenvalue weighted by Gasteiger charge is 2.42. The highest BCUT2D eigenvalue weighted by Crippen LogP contribution is 2.48. The molecule has 1 fully saturated rings. The molecule has 0 bridgehead atoms.